The molecule has 0 aliphatic rings. The molecule has 4 nitrogen and oxygen atoms in total. The van der Waals surface area contributed by atoms with Crippen LogP contribution in [0.2, 0.25) is 10.2 Å². The maximum atomic E-state index is 13.6. The van der Waals surface area contributed by atoms with Crippen LogP contribution in [0.25, 0.3) is 28.1 Å². The van der Waals surface area contributed by atoms with Crippen molar-refractivity contribution in [1.29, 1.82) is 0 Å². The zero-order chi connectivity index (χ0) is 43.1. The van der Waals surface area contributed by atoms with Gasteiger partial charge in [0, 0.05) is 34.3 Å². The molecule has 0 spiro atoms. The highest BCUT2D eigenvalue weighted by atomic mass is 35.5. The lowest BCUT2D eigenvalue weighted by atomic mass is 9.91. The third-order valence-electron chi connectivity index (χ3n) is 7.68. The van der Waals surface area contributed by atoms with E-state index in [-0.39, 0.29) is 28.1 Å². The summed E-state index contributed by atoms with van der Waals surface area (Å²) in [4.78, 5) is 8.49. The lowest BCUT2D eigenvalue weighted by molar-refractivity contribution is -0.0689. The van der Waals surface area contributed by atoms with Crippen LogP contribution < -0.4 is 10.6 Å². The molecule has 2 aromatic heterocycles. The molecule has 306 valence electrons. The van der Waals surface area contributed by atoms with E-state index in [0.717, 1.165) is 11.1 Å². The molecule has 0 aliphatic heterocycles. The SMILES string of the molecule is C=C(c1cc(C(C)(C)NC(C)C)cc(-c2ccc(F)c(C)c2)n1)C(F)(F)F.CC.CC.CC.CC(C)NC(C)(C)c1cc(Cl)nc(-c2ccc(F)c(Cl)c2)c1. The van der Waals surface area contributed by atoms with E-state index in [0.29, 0.717) is 39.3 Å². The Morgan fingerprint density at radius 3 is 1.47 bits per heavy atom. The number of aromatic nitrogens is 2. The van der Waals surface area contributed by atoms with E-state index in [1.807, 2.05) is 81.4 Å². The second-order valence-corrected chi connectivity index (χ2v) is 14.4. The molecular formula is C44H61Cl2F5N4. The van der Waals surface area contributed by atoms with Gasteiger partial charge >= 0.3 is 6.18 Å². The number of nitrogens with one attached hydrogen (secondary N) is 2. The Morgan fingerprint density at radius 1 is 0.636 bits per heavy atom. The summed E-state index contributed by atoms with van der Waals surface area (Å²) in [5.41, 5.74) is 2.23. The largest absolute Gasteiger partial charge is 0.417 e. The number of hydrogen-bond acceptors (Lipinski definition) is 4. The van der Waals surface area contributed by atoms with Gasteiger partial charge in [-0.25, -0.2) is 18.7 Å². The van der Waals surface area contributed by atoms with Crippen LogP contribution in [-0.4, -0.2) is 28.2 Å². The molecule has 0 radical (unpaired) electrons. The molecule has 0 fully saturated rings. The minimum atomic E-state index is -4.59. The minimum absolute atomic E-state index is 0.0698. The molecule has 11 heteroatoms. The van der Waals surface area contributed by atoms with Crippen molar-refractivity contribution < 1.29 is 22.0 Å². The van der Waals surface area contributed by atoms with Gasteiger partial charge in [0.05, 0.1) is 27.7 Å². The van der Waals surface area contributed by atoms with Crippen molar-refractivity contribution in [2.24, 2.45) is 0 Å². The Hall–Kier alpha value is -3.37. The quantitative estimate of drug-likeness (QED) is 0.131. The van der Waals surface area contributed by atoms with Crippen LogP contribution >= 0.6 is 23.2 Å². The first kappa shape index (κ1) is 51.6. The monoisotopic (exact) mass is 810 g/mol. The minimum Gasteiger partial charge on any atom is -0.306 e. The number of rotatable bonds is 9. The fourth-order valence-corrected chi connectivity index (χ4v) is 5.80. The zero-order valence-corrected chi connectivity index (χ0v) is 36.7. The first-order chi connectivity index (χ1) is 25.5. The van der Waals surface area contributed by atoms with Crippen LogP contribution in [0.4, 0.5) is 22.0 Å². The normalized spacial score (nSPS) is 11.3. The highest BCUT2D eigenvalue weighted by Gasteiger charge is 2.35. The summed E-state index contributed by atoms with van der Waals surface area (Å²) in [6.07, 6.45) is -4.59. The molecule has 4 aromatic rings. The number of halogens is 7. The lowest BCUT2D eigenvalue weighted by Crippen LogP contribution is -2.41. The van der Waals surface area contributed by atoms with E-state index in [1.54, 1.807) is 31.2 Å². The maximum Gasteiger partial charge on any atom is 0.417 e. The summed E-state index contributed by atoms with van der Waals surface area (Å²) < 4.78 is 66.6. The van der Waals surface area contributed by atoms with Crippen molar-refractivity contribution >= 4 is 28.8 Å². The molecule has 0 amide bonds. The van der Waals surface area contributed by atoms with Gasteiger partial charge in [-0.3, -0.25) is 0 Å². The van der Waals surface area contributed by atoms with Gasteiger partial charge in [0.2, 0.25) is 0 Å². The molecule has 0 unspecified atom stereocenters. The van der Waals surface area contributed by atoms with Crippen molar-refractivity contribution in [2.75, 3.05) is 0 Å². The van der Waals surface area contributed by atoms with Crippen molar-refractivity contribution in [2.45, 2.75) is 133 Å². The zero-order valence-electron chi connectivity index (χ0n) is 35.2. The average molecular weight is 812 g/mol. The number of pyridine rings is 2. The average Bonchev–Trinajstić information content (AvgIpc) is 3.11. The smallest absolute Gasteiger partial charge is 0.306 e. The molecule has 2 aromatic carbocycles. The Morgan fingerprint density at radius 2 is 1.05 bits per heavy atom. The van der Waals surface area contributed by atoms with Crippen molar-refractivity contribution in [3.63, 3.8) is 0 Å². The molecule has 0 atom stereocenters. The van der Waals surface area contributed by atoms with Crippen molar-refractivity contribution in [3.05, 3.63) is 111 Å². The fourth-order valence-electron chi connectivity index (χ4n) is 5.41. The molecular weight excluding hydrogens is 750 g/mol. The number of hydrogen-bond donors (Lipinski definition) is 2. The van der Waals surface area contributed by atoms with Crippen LogP contribution in [0.15, 0.2) is 67.2 Å². The molecule has 0 bridgehead atoms. The van der Waals surface area contributed by atoms with Crippen LogP contribution in [0.5, 0.6) is 0 Å². The van der Waals surface area contributed by atoms with E-state index in [9.17, 15) is 22.0 Å². The summed E-state index contributed by atoms with van der Waals surface area (Å²) in [5, 5.41) is 7.29. The summed E-state index contributed by atoms with van der Waals surface area (Å²) in [5.74, 6) is -0.828. The Bertz CT molecular complexity index is 1800. The standard InChI is InChI=1S/C21H24F4N2.C17H19Cl2FN2.3C2H6/c1-12(2)27-20(5,6)16-10-18(14(4)21(23,24)25)26-19(11-16)15-7-8-17(22)13(3)9-15;1-10(2)22-17(3,4)12-8-15(21-16(19)9-12)11-5-6-14(20)13(18)7-11;3*1-2/h7-12,27H,4H2,1-3,5-6H3;5-10,22H,1-4H3;3*1-2H3. The van der Waals surface area contributed by atoms with Gasteiger partial charge in [0.1, 0.15) is 16.8 Å². The predicted octanol–water partition coefficient (Wildman–Crippen LogP) is 14.5. The van der Waals surface area contributed by atoms with E-state index in [2.05, 4.69) is 54.9 Å². The van der Waals surface area contributed by atoms with Gasteiger partial charge < -0.3 is 10.6 Å². The summed E-state index contributed by atoms with van der Waals surface area (Å²) in [6.45, 7) is 32.8. The van der Waals surface area contributed by atoms with Gasteiger partial charge in [-0.05, 0) is 112 Å². The molecule has 2 N–H and O–H groups in total. The topological polar surface area (TPSA) is 49.8 Å². The third kappa shape index (κ3) is 16.0. The van der Waals surface area contributed by atoms with Crippen LogP contribution in [0.1, 0.15) is 119 Å². The number of benzene rings is 2. The Kier molecular flexibility index (Phi) is 21.6. The van der Waals surface area contributed by atoms with Gasteiger partial charge in [0.25, 0.3) is 0 Å². The predicted molar refractivity (Wildman–Crippen MR) is 226 cm³/mol. The first-order valence-corrected chi connectivity index (χ1v) is 19.5. The van der Waals surface area contributed by atoms with E-state index >= 15 is 0 Å². The number of nitrogens with zero attached hydrogens (tertiary/aromatic N) is 2. The van der Waals surface area contributed by atoms with Gasteiger partial charge in [-0.1, -0.05) is 99.0 Å². The second-order valence-electron chi connectivity index (χ2n) is 13.6. The molecule has 0 saturated carbocycles. The lowest BCUT2D eigenvalue weighted by Gasteiger charge is -2.30. The molecule has 4 rings (SSSR count). The molecule has 2 heterocycles. The number of aryl methyl sites for hydroxylation is 1. The van der Waals surface area contributed by atoms with Crippen LogP contribution in [0.3, 0.4) is 0 Å². The fraction of sp³-hybridized carbons (Fsp3) is 0.455. The first-order valence-electron chi connectivity index (χ1n) is 18.7. The number of allylic oxidation sites excluding steroid dienone is 1. The van der Waals surface area contributed by atoms with E-state index in [4.69, 9.17) is 23.2 Å². The molecule has 0 aliphatic carbocycles. The third-order valence-corrected chi connectivity index (χ3v) is 8.17. The highest BCUT2D eigenvalue weighted by molar-refractivity contribution is 6.31. The Labute approximate surface area is 337 Å². The second kappa shape index (κ2) is 23.0. The van der Waals surface area contributed by atoms with Crippen LogP contribution in [0, 0.1) is 18.6 Å². The van der Waals surface area contributed by atoms with Gasteiger partial charge in [-0.2, -0.15) is 13.2 Å². The van der Waals surface area contributed by atoms with E-state index < -0.39 is 23.1 Å². The summed E-state index contributed by atoms with van der Waals surface area (Å²) >= 11 is 12.0. The van der Waals surface area contributed by atoms with Crippen molar-refractivity contribution in [3.8, 4) is 22.5 Å². The van der Waals surface area contributed by atoms with E-state index in [1.165, 1.54) is 24.3 Å². The summed E-state index contributed by atoms with van der Waals surface area (Å²) in [7, 11) is 0. The van der Waals surface area contributed by atoms with Gasteiger partial charge in [0.15, 0.2) is 0 Å². The Balaban J connectivity index is 0.000000947. The summed E-state index contributed by atoms with van der Waals surface area (Å²) in [6, 6.07) is 16.3. The number of alkyl halides is 3. The maximum absolute atomic E-state index is 13.6. The van der Waals surface area contributed by atoms with Crippen molar-refractivity contribution in [1.82, 2.24) is 20.6 Å². The molecule has 0 saturated heterocycles. The van der Waals surface area contributed by atoms with Gasteiger partial charge in [-0.15, -0.1) is 0 Å². The molecule has 55 heavy (non-hydrogen) atoms. The highest BCUT2D eigenvalue weighted by Crippen LogP contribution is 2.36. The van der Waals surface area contributed by atoms with Crippen LogP contribution in [-0.2, 0) is 11.1 Å².